The van der Waals surface area contributed by atoms with Crippen molar-refractivity contribution in [2.24, 2.45) is 12.2 Å². The Morgan fingerprint density at radius 3 is 2.44 bits per heavy atom. The lowest BCUT2D eigenvalue weighted by Crippen LogP contribution is -2.49. The van der Waals surface area contributed by atoms with Crippen molar-refractivity contribution in [3.05, 3.63) is 42.5 Å². The quantitative estimate of drug-likeness (QED) is 0.540. The Balaban J connectivity index is 1.36. The van der Waals surface area contributed by atoms with Gasteiger partial charge in [-0.1, -0.05) is 11.8 Å². The molecule has 0 aliphatic carbocycles. The van der Waals surface area contributed by atoms with Gasteiger partial charge in [0, 0.05) is 38.9 Å². The van der Waals surface area contributed by atoms with Gasteiger partial charge < -0.3 is 19.1 Å². The molecule has 1 aliphatic heterocycles. The number of aromatic nitrogens is 2. The number of piperazine rings is 1. The van der Waals surface area contributed by atoms with Crippen LogP contribution in [0.3, 0.4) is 0 Å². The molecule has 0 atom stereocenters. The maximum atomic E-state index is 12.7. The van der Waals surface area contributed by atoms with Gasteiger partial charge in [0.2, 0.25) is 15.9 Å². The van der Waals surface area contributed by atoms with Crippen LogP contribution in [0.5, 0.6) is 5.75 Å². The van der Waals surface area contributed by atoms with Crippen LogP contribution in [-0.2, 0) is 21.9 Å². The lowest BCUT2D eigenvalue weighted by atomic mass is 10.2. The number of methoxy groups -OCH3 is 1. The van der Waals surface area contributed by atoms with E-state index >= 15 is 0 Å². The Labute approximate surface area is 191 Å². The van der Waals surface area contributed by atoms with Crippen molar-refractivity contribution in [3.63, 3.8) is 0 Å². The van der Waals surface area contributed by atoms with E-state index in [2.05, 4.69) is 9.88 Å². The zero-order chi connectivity index (χ0) is 22.9. The van der Waals surface area contributed by atoms with Gasteiger partial charge in [-0.3, -0.25) is 4.79 Å². The number of amides is 1. The van der Waals surface area contributed by atoms with Gasteiger partial charge in [0.15, 0.2) is 5.16 Å². The molecule has 170 valence electrons. The minimum Gasteiger partial charge on any atom is -0.497 e. The van der Waals surface area contributed by atoms with Crippen molar-refractivity contribution in [1.29, 1.82) is 0 Å². The molecule has 2 aromatic carbocycles. The maximum Gasteiger partial charge on any atom is 0.238 e. The van der Waals surface area contributed by atoms with Gasteiger partial charge in [-0.2, -0.15) is 0 Å². The fourth-order valence-electron chi connectivity index (χ4n) is 3.69. The molecule has 2 N–H and O–H groups in total. The van der Waals surface area contributed by atoms with E-state index in [1.807, 2.05) is 40.8 Å². The molecule has 0 unspecified atom stereocenters. The number of thioether (sulfide) groups is 1. The zero-order valence-electron chi connectivity index (χ0n) is 17.9. The molecular formula is C21H25N5O4S2. The number of hydrogen-bond donors (Lipinski definition) is 1. The lowest BCUT2D eigenvalue weighted by Gasteiger charge is -2.36. The number of sulfonamides is 1. The number of ether oxygens (including phenoxy) is 1. The van der Waals surface area contributed by atoms with E-state index in [1.54, 1.807) is 13.2 Å². The molecule has 2 heterocycles. The predicted octanol–water partition coefficient (Wildman–Crippen LogP) is 1.67. The first-order valence-electron chi connectivity index (χ1n) is 10.0. The molecular weight excluding hydrogens is 450 g/mol. The van der Waals surface area contributed by atoms with Gasteiger partial charge in [0.1, 0.15) is 5.75 Å². The van der Waals surface area contributed by atoms with Crippen LogP contribution in [0.1, 0.15) is 0 Å². The molecule has 0 bridgehead atoms. The van der Waals surface area contributed by atoms with Crippen LogP contribution in [0, 0.1) is 0 Å². The molecule has 9 nitrogen and oxygen atoms in total. The molecule has 1 fully saturated rings. The Morgan fingerprint density at radius 1 is 1.12 bits per heavy atom. The van der Waals surface area contributed by atoms with E-state index in [1.165, 1.54) is 23.9 Å². The van der Waals surface area contributed by atoms with Crippen molar-refractivity contribution in [1.82, 2.24) is 14.5 Å². The number of rotatable bonds is 6. The van der Waals surface area contributed by atoms with Gasteiger partial charge in [-0.05, 0) is 42.5 Å². The molecule has 1 saturated heterocycles. The largest absolute Gasteiger partial charge is 0.497 e. The first-order chi connectivity index (χ1) is 15.3. The van der Waals surface area contributed by atoms with E-state index in [0.717, 1.165) is 30.0 Å². The summed E-state index contributed by atoms with van der Waals surface area (Å²) in [6.45, 7) is 2.86. The van der Waals surface area contributed by atoms with Gasteiger partial charge in [0.25, 0.3) is 0 Å². The third-order valence-corrected chi connectivity index (χ3v) is 7.46. The molecule has 1 aliphatic rings. The Bertz CT molecular complexity index is 1230. The summed E-state index contributed by atoms with van der Waals surface area (Å²) in [5, 5.41) is 5.86. The van der Waals surface area contributed by atoms with E-state index in [0.29, 0.717) is 23.8 Å². The number of primary sulfonamides is 1. The number of anilines is 1. The van der Waals surface area contributed by atoms with E-state index in [9.17, 15) is 13.2 Å². The number of hydrogen-bond acceptors (Lipinski definition) is 7. The second-order valence-electron chi connectivity index (χ2n) is 7.50. The van der Waals surface area contributed by atoms with Crippen LogP contribution in [0.25, 0.3) is 11.0 Å². The van der Waals surface area contributed by atoms with E-state index in [-0.39, 0.29) is 16.6 Å². The van der Waals surface area contributed by atoms with E-state index in [4.69, 9.17) is 9.88 Å². The summed E-state index contributed by atoms with van der Waals surface area (Å²) in [5.74, 6) is 1.14. The number of nitrogens with zero attached hydrogens (tertiary/aromatic N) is 4. The number of imidazole rings is 1. The Morgan fingerprint density at radius 2 is 1.81 bits per heavy atom. The second-order valence-corrected chi connectivity index (χ2v) is 10.0. The predicted molar refractivity (Wildman–Crippen MR) is 125 cm³/mol. The highest BCUT2D eigenvalue weighted by molar-refractivity contribution is 7.99. The standard InChI is InChI=1S/C21H25N5O4S2/c1-24-19-8-7-17(32(22,28)29)13-18(19)23-21(24)31-14-20(27)26-11-9-25(10-12-26)15-3-5-16(30-2)6-4-15/h3-8,13H,9-12,14H2,1-2H3,(H2,22,28,29). The minimum atomic E-state index is -3.79. The summed E-state index contributed by atoms with van der Waals surface area (Å²) in [5.41, 5.74) is 2.42. The molecule has 0 saturated carbocycles. The normalized spacial score (nSPS) is 14.7. The minimum absolute atomic E-state index is 0.0189. The summed E-state index contributed by atoms with van der Waals surface area (Å²) in [7, 11) is -0.308. The van der Waals surface area contributed by atoms with Gasteiger partial charge in [0.05, 0.1) is 28.8 Å². The highest BCUT2D eigenvalue weighted by atomic mass is 32.2. The number of nitrogens with two attached hydrogens (primary N) is 1. The number of benzene rings is 2. The zero-order valence-corrected chi connectivity index (χ0v) is 19.5. The van der Waals surface area contributed by atoms with E-state index < -0.39 is 10.0 Å². The van der Waals surface area contributed by atoms with Crippen molar-refractivity contribution < 1.29 is 17.9 Å². The molecule has 3 aromatic rings. The van der Waals surface area contributed by atoms with Crippen molar-refractivity contribution in [3.8, 4) is 5.75 Å². The average Bonchev–Trinajstić information content (AvgIpc) is 3.12. The van der Waals surface area contributed by atoms with Crippen LogP contribution in [0.15, 0.2) is 52.5 Å². The fourth-order valence-corrected chi connectivity index (χ4v) is 5.11. The number of fused-ring (bicyclic) bond motifs is 1. The Hall–Kier alpha value is -2.76. The highest BCUT2D eigenvalue weighted by Crippen LogP contribution is 2.25. The second kappa shape index (κ2) is 9.00. The Kier molecular flexibility index (Phi) is 6.31. The summed E-state index contributed by atoms with van der Waals surface area (Å²) in [4.78, 5) is 21.4. The lowest BCUT2D eigenvalue weighted by molar-refractivity contribution is -0.128. The first kappa shape index (κ1) is 22.4. The topological polar surface area (TPSA) is 111 Å². The van der Waals surface area contributed by atoms with Crippen molar-refractivity contribution in [2.75, 3.05) is 43.9 Å². The maximum absolute atomic E-state index is 12.7. The molecule has 11 heteroatoms. The van der Waals surface area contributed by atoms with Crippen LogP contribution < -0.4 is 14.8 Å². The molecule has 4 rings (SSSR count). The van der Waals surface area contributed by atoms with Crippen LogP contribution in [0.4, 0.5) is 5.69 Å². The fraction of sp³-hybridized carbons (Fsp3) is 0.333. The van der Waals surface area contributed by atoms with Crippen LogP contribution >= 0.6 is 11.8 Å². The van der Waals surface area contributed by atoms with Gasteiger partial charge in [-0.25, -0.2) is 18.5 Å². The number of carbonyl (C=O) groups is 1. The molecule has 0 spiro atoms. The molecule has 0 radical (unpaired) electrons. The third kappa shape index (κ3) is 4.69. The molecule has 1 aromatic heterocycles. The first-order valence-corrected chi connectivity index (χ1v) is 12.6. The summed E-state index contributed by atoms with van der Waals surface area (Å²) in [6, 6.07) is 12.5. The van der Waals surface area contributed by atoms with Gasteiger partial charge in [-0.15, -0.1) is 0 Å². The number of aryl methyl sites for hydroxylation is 1. The van der Waals surface area contributed by atoms with Crippen LogP contribution in [0.2, 0.25) is 0 Å². The average molecular weight is 476 g/mol. The van der Waals surface area contributed by atoms with Gasteiger partial charge >= 0.3 is 0 Å². The third-order valence-electron chi connectivity index (χ3n) is 5.53. The summed E-state index contributed by atoms with van der Waals surface area (Å²) in [6.07, 6.45) is 0. The highest BCUT2D eigenvalue weighted by Gasteiger charge is 2.22. The van der Waals surface area contributed by atoms with Crippen LogP contribution in [-0.4, -0.2) is 67.8 Å². The number of carbonyl (C=O) groups excluding carboxylic acids is 1. The SMILES string of the molecule is COc1ccc(N2CCN(C(=O)CSc3nc4cc(S(N)(=O)=O)ccc4n3C)CC2)cc1. The molecule has 1 amide bonds. The smallest absolute Gasteiger partial charge is 0.238 e. The summed E-state index contributed by atoms with van der Waals surface area (Å²) >= 11 is 1.34. The monoisotopic (exact) mass is 475 g/mol. The summed E-state index contributed by atoms with van der Waals surface area (Å²) < 4.78 is 30.2. The molecule has 32 heavy (non-hydrogen) atoms. The van der Waals surface area contributed by atoms with Crippen molar-refractivity contribution >= 4 is 44.4 Å². The van der Waals surface area contributed by atoms with Crippen molar-refractivity contribution in [2.45, 2.75) is 10.1 Å².